The predicted molar refractivity (Wildman–Crippen MR) is 109 cm³/mol. The van der Waals surface area contributed by atoms with Crippen molar-refractivity contribution in [2.24, 2.45) is 5.92 Å². The number of anilines is 2. The Kier molecular flexibility index (Phi) is 7.14. The highest BCUT2D eigenvalue weighted by Gasteiger charge is 2.26. The number of aromatic amines is 1. The Hall–Kier alpha value is -2.90. The maximum atomic E-state index is 13.0. The van der Waals surface area contributed by atoms with E-state index in [4.69, 9.17) is 5.73 Å². The molecule has 0 saturated heterocycles. The monoisotopic (exact) mass is 388 g/mol. The molecule has 0 saturated carbocycles. The molecular formula is C20H30N5O3+. The molecule has 0 unspecified atom stereocenters. The van der Waals surface area contributed by atoms with E-state index in [0.717, 1.165) is 12.0 Å². The van der Waals surface area contributed by atoms with Crippen molar-refractivity contribution in [3.63, 3.8) is 0 Å². The fourth-order valence-corrected chi connectivity index (χ4v) is 2.94. The van der Waals surface area contributed by atoms with Gasteiger partial charge in [-0.05, 0) is 24.8 Å². The van der Waals surface area contributed by atoms with Gasteiger partial charge in [-0.2, -0.15) is 4.57 Å². The van der Waals surface area contributed by atoms with Crippen molar-refractivity contribution < 1.29 is 9.36 Å². The van der Waals surface area contributed by atoms with Crippen molar-refractivity contribution in [3.8, 4) is 0 Å². The second-order valence-electron chi connectivity index (χ2n) is 7.44. The number of nitrogens with two attached hydrogens (primary N) is 1. The minimum atomic E-state index is -0.638. The van der Waals surface area contributed by atoms with E-state index < -0.39 is 11.2 Å². The van der Waals surface area contributed by atoms with Crippen LogP contribution in [0.25, 0.3) is 0 Å². The summed E-state index contributed by atoms with van der Waals surface area (Å²) >= 11 is 0. The SMILES string of the molecule is CCCCN(C(=O)C[n+]1ccc(C)cc1)c1c(N)n(CC(C)C)c(=O)[nH]c1=O. The molecule has 152 valence electrons. The summed E-state index contributed by atoms with van der Waals surface area (Å²) < 4.78 is 3.08. The molecule has 2 aromatic heterocycles. The zero-order valence-electron chi connectivity index (χ0n) is 17.1. The number of pyridine rings is 1. The Morgan fingerprint density at radius 1 is 1.29 bits per heavy atom. The molecule has 0 aliphatic rings. The van der Waals surface area contributed by atoms with E-state index in [-0.39, 0.29) is 29.9 Å². The van der Waals surface area contributed by atoms with Gasteiger partial charge >= 0.3 is 5.69 Å². The number of rotatable bonds is 8. The average Bonchev–Trinajstić information content (AvgIpc) is 2.63. The van der Waals surface area contributed by atoms with Gasteiger partial charge in [-0.1, -0.05) is 27.2 Å². The van der Waals surface area contributed by atoms with Crippen molar-refractivity contribution in [1.29, 1.82) is 0 Å². The van der Waals surface area contributed by atoms with Crippen LogP contribution in [-0.2, 0) is 17.9 Å². The van der Waals surface area contributed by atoms with Crippen LogP contribution in [-0.4, -0.2) is 22.0 Å². The van der Waals surface area contributed by atoms with Gasteiger partial charge in [0.1, 0.15) is 5.82 Å². The summed E-state index contributed by atoms with van der Waals surface area (Å²) in [7, 11) is 0. The third-order valence-corrected chi connectivity index (χ3v) is 4.44. The number of hydrogen-bond donors (Lipinski definition) is 2. The molecule has 0 atom stereocenters. The molecule has 1 amide bonds. The minimum absolute atomic E-state index is 0.0285. The lowest BCUT2D eigenvalue weighted by Crippen LogP contribution is -2.48. The molecular weight excluding hydrogens is 358 g/mol. The number of H-pyrrole nitrogens is 1. The lowest BCUT2D eigenvalue weighted by molar-refractivity contribution is -0.684. The molecule has 0 bridgehead atoms. The molecule has 0 aliphatic heterocycles. The van der Waals surface area contributed by atoms with E-state index in [9.17, 15) is 14.4 Å². The smallest absolute Gasteiger partial charge is 0.330 e. The first-order valence-corrected chi connectivity index (χ1v) is 9.63. The van der Waals surface area contributed by atoms with Crippen LogP contribution in [0.3, 0.4) is 0 Å². The molecule has 8 nitrogen and oxygen atoms in total. The molecule has 28 heavy (non-hydrogen) atoms. The Morgan fingerprint density at radius 3 is 2.50 bits per heavy atom. The summed E-state index contributed by atoms with van der Waals surface area (Å²) in [4.78, 5) is 41.5. The Labute approximate surface area is 164 Å². The fourth-order valence-electron chi connectivity index (χ4n) is 2.94. The van der Waals surface area contributed by atoms with Crippen LogP contribution in [0.2, 0.25) is 0 Å². The number of nitrogens with zero attached hydrogens (tertiary/aromatic N) is 3. The fraction of sp³-hybridized carbons (Fsp3) is 0.500. The summed E-state index contributed by atoms with van der Waals surface area (Å²) in [6.45, 7) is 8.66. The Balaban J connectivity index is 2.46. The molecule has 3 N–H and O–H groups in total. The van der Waals surface area contributed by atoms with Gasteiger partial charge in [0.15, 0.2) is 18.1 Å². The summed E-state index contributed by atoms with van der Waals surface area (Å²) in [5.74, 6) is -0.0725. The summed E-state index contributed by atoms with van der Waals surface area (Å²) in [5, 5.41) is 0. The average molecular weight is 388 g/mol. The first kappa shape index (κ1) is 21.4. The molecule has 2 rings (SSSR count). The van der Waals surface area contributed by atoms with E-state index in [1.807, 2.05) is 52.2 Å². The largest absolute Gasteiger partial charge is 0.383 e. The topological polar surface area (TPSA) is 105 Å². The van der Waals surface area contributed by atoms with Crippen molar-refractivity contribution in [3.05, 3.63) is 50.9 Å². The van der Waals surface area contributed by atoms with Gasteiger partial charge < -0.3 is 5.73 Å². The van der Waals surface area contributed by atoms with Crippen LogP contribution < -0.4 is 26.4 Å². The highest BCUT2D eigenvalue weighted by molar-refractivity contribution is 5.94. The summed E-state index contributed by atoms with van der Waals surface area (Å²) in [6, 6.07) is 3.82. The third kappa shape index (κ3) is 5.09. The molecule has 0 fully saturated rings. The van der Waals surface area contributed by atoms with Crippen molar-refractivity contribution >= 4 is 17.4 Å². The van der Waals surface area contributed by atoms with Crippen LogP contribution >= 0.6 is 0 Å². The number of nitrogen functional groups attached to an aromatic ring is 1. The number of carbonyl (C=O) groups excluding carboxylic acids is 1. The van der Waals surface area contributed by atoms with E-state index >= 15 is 0 Å². The standard InChI is InChI=1S/C20H29N5O3/c1-5-6-9-24(16(26)13-23-10-7-15(4)8-11-23)17-18(21)25(12-14(2)3)20(28)22-19(17)27/h7-8,10-11,14H,5-6,9,12-13H2,1-4H3,(H2-,21,22,27,28)/p+1. The maximum absolute atomic E-state index is 13.0. The first-order valence-electron chi connectivity index (χ1n) is 9.63. The van der Waals surface area contributed by atoms with Gasteiger partial charge in [-0.25, -0.2) is 4.79 Å². The molecule has 2 aromatic rings. The molecule has 0 radical (unpaired) electrons. The van der Waals surface area contributed by atoms with Gasteiger partial charge in [0.05, 0.1) is 0 Å². The van der Waals surface area contributed by atoms with Crippen LogP contribution in [0.5, 0.6) is 0 Å². The molecule has 8 heteroatoms. The van der Waals surface area contributed by atoms with Gasteiger partial charge in [-0.3, -0.25) is 24.0 Å². The summed E-state index contributed by atoms with van der Waals surface area (Å²) in [5.41, 5.74) is 6.14. The van der Waals surface area contributed by atoms with Crippen molar-refractivity contribution in [2.45, 2.75) is 53.6 Å². The van der Waals surface area contributed by atoms with Gasteiger partial charge in [0.2, 0.25) is 6.54 Å². The zero-order valence-corrected chi connectivity index (χ0v) is 17.1. The Bertz CT molecular complexity index is 928. The highest BCUT2D eigenvalue weighted by atomic mass is 16.2. The van der Waals surface area contributed by atoms with Crippen LogP contribution in [0.4, 0.5) is 11.5 Å². The lowest BCUT2D eigenvalue weighted by Gasteiger charge is -2.23. The first-order chi connectivity index (χ1) is 13.2. The van der Waals surface area contributed by atoms with E-state index in [1.165, 1.54) is 9.47 Å². The molecule has 0 aromatic carbocycles. The van der Waals surface area contributed by atoms with Gasteiger partial charge in [0.25, 0.3) is 11.5 Å². The molecule has 2 heterocycles. The molecule has 0 aliphatic carbocycles. The second-order valence-corrected chi connectivity index (χ2v) is 7.44. The lowest BCUT2D eigenvalue weighted by atomic mass is 10.2. The zero-order chi connectivity index (χ0) is 20.8. The number of nitrogens with one attached hydrogen (secondary N) is 1. The van der Waals surface area contributed by atoms with Gasteiger partial charge in [-0.15, -0.1) is 0 Å². The third-order valence-electron chi connectivity index (χ3n) is 4.44. The van der Waals surface area contributed by atoms with Crippen LogP contribution in [0.1, 0.15) is 39.2 Å². The minimum Gasteiger partial charge on any atom is -0.383 e. The number of aryl methyl sites for hydroxylation is 1. The number of amides is 1. The normalized spacial score (nSPS) is 11.0. The number of carbonyl (C=O) groups is 1. The van der Waals surface area contributed by atoms with E-state index in [1.54, 1.807) is 4.57 Å². The number of unbranched alkanes of at least 4 members (excludes halogenated alkanes) is 1. The predicted octanol–water partition coefficient (Wildman–Crippen LogP) is 1.20. The van der Waals surface area contributed by atoms with E-state index in [0.29, 0.717) is 19.5 Å². The van der Waals surface area contributed by atoms with Crippen molar-refractivity contribution in [1.82, 2.24) is 9.55 Å². The highest BCUT2D eigenvalue weighted by Crippen LogP contribution is 2.18. The maximum Gasteiger partial charge on any atom is 0.330 e. The number of hydrogen-bond acceptors (Lipinski definition) is 4. The molecule has 0 spiro atoms. The Morgan fingerprint density at radius 2 is 1.93 bits per heavy atom. The van der Waals surface area contributed by atoms with Crippen LogP contribution in [0.15, 0.2) is 34.1 Å². The second kappa shape index (κ2) is 9.34. The quantitative estimate of drug-likeness (QED) is 0.663. The number of aromatic nitrogens is 3. The van der Waals surface area contributed by atoms with Gasteiger partial charge in [0, 0.05) is 25.2 Å². The summed E-state index contributed by atoms with van der Waals surface area (Å²) in [6.07, 6.45) is 5.20. The van der Waals surface area contributed by atoms with E-state index in [2.05, 4.69) is 4.98 Å². The van der Waals surface area contributed by atoms with Crippen molar-refractivity contribution in [2.75, 3.05) is 17.2 Å². The van der Waals surface area contributed by atoms with Crippen LogP contribution in [0, 0.1) is 12.8 Å².